The van der Waals surface area contributed by atoms with Crippen LogP contribution in [0.1, 0.15) is 64.2 Å². The fourth-order valence-electron chi connectivity index (χ4n) is 3.59. The normalized spacial score (nSPS) is 21.6. The summed E-state index contributed by atoms with van der Waals surface area (Å²) in [5, 5.41) is 3.31. The third-order valence-electron chi connectivity index (χ3n) is 4.98. The molecule has 2 rings (SSSR count). The molecule has 1 aliphatic heterocycles. The fraction of sp³-hybridized carbons (Fsp3) is 0.938. The summed E-state index contributed by atoms with van der Waals surface area (Å²) in [6, 6.07) is 0.617. The molecule has 0 radical (unpaired) electrons. The van der Waals surface area contributed by atoms with Crippen LogP contribution in [0.5, 0.6) is 0 Å². The molecule has 20 heavy (non-hydrogen) atoms. The average molecular weight is 303 g/mol. The lowest BCUT2D eigenvalue weighted by Crippen LogP contribution is -2.43. The summed E-state index contributed by atoms with van der Waals surface area (Å²) in [5.41, 5.74) is 0. The Labute approximate surface area is 130 Å². The van der Waals surface area contributed by atoms with E-state index in [2.05, 4.69) is 10.2 Å². The second kappa shape index (κ2) is 9.62. The van der Waals surface area contributed by atoms with Gasteiger partial charge in [0.05, 0.1) is 0 Å². The van der Waals surface area contributed by atoms with Crippen LogP contribution in [0.2, 0.25) is 0 Å². The van der Waals surface area contributed by atoms with Crippen LogP contribution in [-0.4, -0.2) is 37.0 Å². The van der Waals surface area contributed by atoms with Gasteiger partial charge < -0.3 is 10.2 Å². The van der Waals surface area contributed by atoms with Crippen LogP contribution in [0.25, 0.3) is 0 Å². The van der Waals surface area contributed by atoms with Crippen LogP contribution < -0.4 is 5.32 Å². The van der Waals surface area contributed by atoms with E-state index in [1.807, 2.05) is 7.05 Å². The molecule has 0 atom stereocenters. The Hall–Kier alpha value is -0.280. The number of carbonyl (C=O) groups is 1. The molecule has 0 aromatic rings. The van der Waals surface area contributed by atoms with Gasteiger partial charge in [-0.2, -0.15) is 0 Å². The van der Waals surface area contributed by atoms with Crippen molar-refractivity contribution in [3.63, 3.8) is 0 Å². The Bertz CT molecular complexity index is 272. The minimum atomic E-state index is 0. The zero-order valence-electron chi connectivity index (χ0n) is 12.9. The molecule has 1 aliphatic carbocycles. The van der Waals surface area contributed by atoms with Crippen LogP contribution in [0.3, 0.4) is 0 Å². The molecule has 0 spiro atoms. The Morgan fingerprint density at radius 2 is 1.75 bits per heavy atom. The van der Waals surface area contributed by atoms with Gasteiger partial charge in [-0.15, -0.1) is 12.4 Å². The summed E-state index contributed by atoms with van der Waals surface area (Å²) in [7, 11) is 2.02. The standard InChI is InChI=1S/C16H30N2O.ClH/c1-17-15-10-12-18(13-11-15)16(19)9-5-8-14-6-3-2-4-7-14;/h14-15,17H,2-13H2,1H3;1H. The number of hydrogen-bond donors (Lipinski definition) is 1. The fourth-order valence-corrected chi connectivity index (χ4v) is 3.59. The molecule has 0 aromatic heterocycles. The van der Waals surface area contributed by atoms with Crippen molar-refractivity contribution in [3.8, 4) is 0 Å². The lowest BCUT2D eigenvalue weighted by atomic mass is 9.86. The molecule has 0 bridgehead atoms. The average Bonchev–Trinajstić information content (AvgIpc) is 2.48. The topological polar surface area (TPSA) is 32.3 Å². The van der Waals surface area contributed by atoms with E-state index in [1.165, 1.54) is 38.5 Å². The zero-order chi connectivity index (χ0) is 13.5. The van der Waals surface area contributed by atoms with Crippen LogP contribution in [-0.2, 0) is 4.79 Å². The highest BCUT2D eigenvalue weighted by molar-refractivity contribution is 5.85. The van der Waals surface area contributed by atoms with Crippen molar-refractivity contribution in [3.05, 3.63) is 0 Å². The van der Waals surface area contributed by atoms with Gasteiger partial charge in [0.25, 0.3) is 0 Å². The van der Waals surface area contributed by atoms with Crippen LogP contribution in [0, 0.1) is 5.92 Å². The summed E-state index contributed by atoms with van der Waals surface area (Å²) in [6.45, 7) is 1.90. The number of nitrogens with one attached hydrogen (secondary N) is 1. The number of hydrogen-bond acceptors (Lipinski definition) is 2. The molecule has 1 N–H and O–H groups in total. The second-order valence-electron chi connectivity index (χ2n) is 6.34. The lowest BCUT2D eigenvalue weighted by molar-refractivity contribution is -0.132. The first kappa shape index (κ1) is 17.8. The van der Waals surface area contributed by atoms with Gasteiger partial charge >= 0.3 is 0 Å². The van der Waals surface area contributed by atoms with Gasteiger partial charge in [-0.25, -0.2) is 0 Å². The van der Waals surface area contributed by atoms with Gasteiger partial charge in [-0.05, 0) is 38.6 Å². The van der Waals surface area contributed by atoms with E-state index in [0.717, 1.165) is 44.7 Å². The Balaban J connectivity index is 0.00000200. The molecule has 1 amide bonds. The molecular weight excluding hydrogens is 272 g/mol. The van der Waals surface area contributed by atoms with Crippen molar-refractivity contribution in [1.82, 2.24) is 10.2 Å². The summed E-state index contributed by atoms with van der Waals surface area (Å²) in [5.74, 6) is 1.31. The number of piperidine rings is 1. The van der Waals surface area contributed by atoms with E-state index in [4.69, 9.17) is 0 Å². The number of halogens is 1. The maximum atomic E-state index is 12.1. The predicted octanol–water partition coefficient (Wildman–Crippen LogP) is 3.37. The highest BCUT2D eigenvalue weighted by Gasteiger charge is 2.21. The van der Waals surface area contributed by atoms with E-state index in [9.17, 15) is 4.79 Å². The molecule has 0 aromatic carbocycles. The van der Waals surface area contributed by atoms with Crippen molar-refractivity contribution < 1.29 is 4.79 Å². The van der Waals surface area contributed by atoms with E-state index in [-0.39, 0.29) is 12.4 Å². The van der Waals surface area contributed by atoms with Gasteiger partial charge in [0.15, 0.2) is 0 Å². The zero-order valence-corrected chi connectivity index (χ0v) is 13.7. The summed E-state index contributed by atoms with van der Waals surface area (Å²) in [4.78, 5) is 14.2. The highest BCUT2D eigenvalue weighted by atomic mass is 35.5. The van der Waals surface area contributed by atoms with Crippen molar-refractivity contribution in [2.24, 2.45) is 5.92 Å². The third kappa shape index (κ3) is 5.61. The number of rotatable bonds is 5. The van der Waals surface area contributed by atoms with E-state index < -0.39 is 0 Å². The Morgan fingerprint density at radius 3 is 2.35 bits per heavy atom. The van der Waals surface area contributed by atoms with Crippen molar-refractivity contribution in [1.29, 1.82) is 0 Å². The smallest absolute Gasteiger partial charge is 0.222 e. The van der Waals surface area contributed by atoms with Crippen LogP contribution >= 0.6 is 12.4 Å². The molecular formula is C16H31ClN2O. The SMILES string of the molecule is CNC1CCN(C(=O)CCCC2CCCCC2)CC1.Cl. The second-order valence-corrected chi connectivity index (χ2v) is 6.34. The molecule has 3 nitrogen and oxygen atoms in total. The van der Waals surface area contributed by atoms with Crippen molar-refractivity contribution >= 4 is 18.3 Å². The molecule has 4 heteroatoms. The number of carbonyl (C=O) groups excluding carboxylic acids is 1. The van der Waals surface area contributed by atoms with Crippen molar-refractivity contribution in [2.75, 3.05) is 20.1 Å². The maximum absolute atomic E-state index is 12.1. The molecule has 2 aliphatic rings. The molecule has 1 saturated carbocycles. The van der Waals surface area contributed by atoms with Gasteiger partial charge in [-0.3, -0.25) is 4.79 Å². The minimum Gasteiger partial charge on any atom is -0.343 e. The van der Waals surface area contributed by atoms with E-state index >= 15 is 0 Å². The van der Waals surface area contributed by atoms with Gasteiger partial charge in [-0.1, -0.05) is 32.1 Å². The van der Waals surface area contributed by atoms with Crippen molar-refractivity contribution in [2.45, 2.75) is 70.3 Å². The van der Waals surface area contributed by atoms with E-state index in [1.54, 1.807) is 0 Å². The van der Waals surface area contributed by atoms with Crippen LogP contribution in [0.4, 0.5) is 0 Å². The monoisotopic (exact) mass is 302 g/mol. The maximum Gasteiger partial charge on any atom is 0.222 e. The molecule has 2 fully saturated rings. The minimum absolute atomic E-state index is 0. The lowest BCUT2D eigenvalue weighted by Gasteiger charge is -2.32. The van der Waals surface area contributed by atoms with E-state index in [0.29, 0.717) is 11.9 Å². The first-order valence-corrected chi connectivity index (χ1v) is 8.24. The van der Waals surface area contributed by atoms with Gasteiger partial charge in [0, 0.05) is 25.6 Å². The summed E-state index contributed by atoms with van der Waals surface area (Å²) < 4.78 is 0. The van der Waals surface area contributed by atoms with Gasteiger partial charge in [0.1, 0.15) is 0 Å². The molecule has 118 valence electrons. The number of likely N-dealkylation sites (tertiary alicyclic amines) is 1. The van der Waals surface area contributed by atoms with Gasteiger partial charge in [0.2, 0.25) is 5.91 Å². The predicted molar refractivity (Wildman–Crippen MR) is 86.3 cm³/mol. The molecule has 1 heterocycles. The Kier molecular flexibility index (Phi) is 8.55. The first-order chi connectivity index (χ1) is 9.29. The largest absolute Gasteiger partial charge is 0.343 e. The van der Waals surface area contributed by atoms with Crippen LogP contribution in [0.15, 0.2) is 0 Å². The summed E-state index contributed by atoms with van der Waals surface area (Å²) in [6.07, 6.45) is 12.5. The first-order valence-electron chi connectivity index (χ1n) is 8.24. The third-order valence-corrected chi connectivity index (χ3v) is 4.98. The highest BCUT2D eigenvalue weighted by Crippen LogP contribution is 2.27. The Morgan fingerprint density at radius 1 is 1.10 bits per heavy atom. The quantitative estimate of drug-likeness (QED) is 0.844. The summed E-state index contributed by atoms with van der Waals surface area (Å²) >= 11 is 0. The molecule has 1 saturated heterocycles. The molecule has 0 unspecified atom stereocenters. The number of nitrogens with zero attached hydrogens (tertiary/aromatic N) is 1. The number of amides is 1.